The van der Waals surface area contributed by atoms with Crippen LogP contribution in [0.15, 0.2) is 63.9 Å². The van der Waals surface area contributed by atoms with E-state index < -0.39 is 0 Å². The fraction of sp³-hybridized carbons (Fsp3) is 0.346. The monoisotopic (exact) mass is 449 g/mol. The quantitative estimate of drug-likeness (QED) is 0.396. The lowest BCUT2D eigenvalue weighted by molar-refractivity contribution is 0.507. The first-order chi connectivity index (χ1) is 14.4. The minimum atomic E-state index is 0.0993. The number of fused-ring (bicyclic) bond motifs is 5. The molecule has 0 N–H and O–H groups in total. The van der Waals surface area contributed by atoms with Crippen LogP contribution in [0.2, 0.25) is 0 Å². The van der Waals surface area contributed by atoms with Crippen LogP contribution in [-0.4, -0.2) is 10.7 Å². The van der Waals surface area contributed by atoms with Crippen molar-refractivity contribution < 1.29 is 0 Å². The van der Waals surface area contributed by atoms with Crippen molar-refractivity contribution in [2.75, 3.05) is 5.75 Å². The van der Waals surface area contributed by atoms with Gasteiger partial charge in [-0.2, -0.15) is 0 Å². The Hall–Kier alpha value is -1.49. The molecule has 0 radical (unpaired) electrons. The van der Waals surface area contributed by atoms with Crippen molar-refractivity contribution in [3.63, 3.8) is 0 Å². The van der Waals surface area contributed by atoms with E-state index in [0.717, 1.165) is 6.42 Å². The Labute approximate surface area is 191 Å². The fourth-order valence-electron chi connectivity index (χ4n) is 4.71. The number of pyridine rings is 1. The normalized spacial score (nSPS) is 21.6. The first-order valence-electron chi connectivity index (χ1n) is 10.6. The van der Waals surface area contributed by atoms with Crippen LogP contribution in [0.1, 0.15) is 57.2 Å². The second-order valence-electron chi connectivity index (χ2n) is 9.26. The summed E-state index contributed by atoms with van der Waals surface area (Å²) in [6.07, 6.45) is 7.89. The molecule has 3 aromatic rings. The lowest BCUT2D eigenvalue weighted by Gasteiger charge is -2.30. The molecule has 3 heterocycles. The number of thioether (sulfide) groups is 2. The number of nitrogens with zero attached hydrogens (tertiary/aromatic N) is 1. The van der Waals surface area contributed by atoms with Crippen molar-refractivity contribution in [2.24, 2.45) is 5.41 Å². The van der Waals surface area contributed by atoms with Crippen LogP contribution in [0, 0.1) is 5.41 Å². The van der Waals surface area contributed by atoms with Gasteiger partial charge in [0.15, 0.2) is 0 Å². The van der Waals surface area contributed by atoms with Crippen LogP contribution in [-0.2, 0) is 0 Å². The second-order valence-corrected chi connectivity index (χ2v) is 12.4. The highest BCUT2D eigenvalue weighted by Crippen LogP contribution is 2.50. The van der Waals surface area contributed by atoms with Gasteiger partial charge < -0.3 is 0 Å². The van der Waals surface area contributed by atoms with Crippen molar-refractivity contribution >= 4 is 55.0 Å². The Bertz CT molecular complexity index is 1220. The number of thiophene rings is 1. The summed E-state index contributed by atoms with van der Waals surface area (Å²) in [5, 5.41) is 4.81. The van der Waals surface area contributed by atoms with Crippen LogP contribution in [0.25, 0.3) is 20.2 Å². The third kappa shape index (κ3) is 3.28. The molecule has 0 amide bonds. The second kappa shape index (κ2) is 7.58. The molecule has 0 fully saturated rings. The van der Waals surface area contributed by atoms with Crippen molar-refractivity contribution in [3.05, 3.63) is 70.3 Å². The lowest BCUT2D eigenvalue weighted by Crippen LogP contribution is -2.15. The third-order valence-corrected chi connectivity index (χ3v) is 9.46. The molecular weight excluding hydrogens is 422 g/mol. The molecule has 2 atom stereocenters. The van der Waals surface area contributed by atoms with Gasteiger partial charge in [-0.25, -0.2) is 0 Å². The first kappa shape index (κ1) is 20.4. The maximum Gasteiger partial charge on any atom is 0.0653 e. The Morgan fingerprint density at radius 1 is 1.23 bits per heavy atom. The minimum absolute atomic E-state index is 0.0993. The van der Waals surface area contributed by atoms with E-state index >= 15 is 0 Å². The maximum absolute atomic E-state index is 4.93. The number of rotatable bonds is 3. The van der Waals surface area contributed by atoms with Gasteiger partial charge in [0.1, 0.15) is 0 Å². The van der Waals surface area contributed by atoms with Crippen LogP contribution < -0.4 is 0 Å². The highest BCUT2D eigenvalue weighted by Gasteiger charge is 2.29. The minimum Gasteiger partial charge on any atom is -0.259 e. The third-order valence-electron chi connectivity index (χ3n) is 6.12. The highest BCUT2D eigenvalue weighted by molar-refractivity contribution is 8.06. The van der Waals surface area contributed by atoms with Gasteiger partial charge in [-0.15, -0.1) is 23.1 Å². The zero-order valence-corrected chi connectivity index (χ0v) is 20.4. The van der Waals surface area contributed by atoms with Gasteiger partial charge in [0.2, 0.25) is 0 Å². The summed E-state index contributed by atoms with van der Waals surface area (Å²) in [6.45, 7) is 13.2. The van der Waals surface area contributed by atoms with Gasteiger partial charge in [-0.3, -0.25) is 4.98 Å². The Kier molecular flexibility index (Phi) is 5.16. The smallest absolute Gasteiger partial charge is 0.0653 e. The molecule has 1 aliphatic carbocycles. The molecule has 5 rings (SSSR count). The van der Waals surface area contributed by atoms with E-state index in [1.807, 2.05) is 34.7 Å². The highest BCUT2D eigenvalue weighted by atomic mass is 32.2. The van der Waals surface area contributed by atoms with Gasteiger partial charge in [-0.05, 0) is 52.5 Å². The standard InChI is InChI=1S/C26H27NS3/c1-6-28-19-8-7-16(13-18(19)26(3,4)5)24-25-17(11-12-27-24)23-21(30-25)10-9-20-22(23)15(2)14-29-20/h6,8-13,15-16H,1,7,14H2,2-5H3. The number of hydrogen-bond acceptors (Lipinski definition) is 4. The number of allylic oxidation sites excluding steroid dienone is 3. The zero-order valence-electron chi connectivity index (χ0n) is 18.0. The maximum atomic E-state index is 4.93. The van der Waals surface area contributed by atoms with Crippen molar-refractivity contribution in [2.45, 2.75) is 50.8 Å². The van der Waals surface area contributed by atoms with Gasteiger partial charge in [-0.1, -0.05) is 58.2 Å². The largest absolute Gasteiger partial charge is 0.259 e. The summed E-state index contributed by atoms with van der Waals surface area (Å²) in [7, 11) is 0. The van der Waals surface area contributed by atoms with Crippen molar-refractivity contribution in [1.82, 2.24) is 4.98 Å². The SMILES string of the molecule is C=CSC1=CCC(c2nccc3c2sc2ccc4c(c23)C(C)CS4)C=C1C(C)(C)C. The molecule has 1 aromatic carbocycles. The summed E-state index contributed by atoms with van der Waals surface area (Å²) >= 11 is 5.67. The van der Waals surface area contributed by atoms with Gasteiger partial charge >= 0.3 is 0 Å². The average Bonchev–Trinajstić information content (AvgIpc) is 3.28. The van der Waals surface area contributed by atoms with Gasteiger partial charge in [0.25, 0.3) is 0 Å². The number of hydrogen-bond donors (Lipinski definition) is 0. The van der Waals surface area contributed by atoms with E-state index in [4.69, 9.17) is 4.98 Å². The van der Waals surface area contributed by atoms with Gasteiger partial charge in [0.05, 0.1) is 10.4 Å². The van der Waals surface area contributed by atoms with E-state index in [1.54, 1.807) is 17.3 Å². The van der Waals surface area contributed by atoms with E-state index in [0.29, 0.717) is 11.8 Å². The number of aromatic nitrogens is 1. The molecular formula is C26H27NS3. The van der Waals surface area contributed by atoms with Crippen molar-refractivity contribution in [1.29, 1.82) is 0 Å². The molecule has 0 saturated heterocycles. The van der Waals surface area contributed by atoms with E-state index in [2.05, 4.69) is 64.6 Å². The van der Waals surface area contributed by atoms with Crippen LogP contribution in [0.3, 0.4) is 0 Å². The molecule has 0 saturated carbocycles. The molecule has 1 aliphatic heterocycles. The predicted octanol–water partition coefficient (Wildman–Crippen LogP) is 8.88. The van der Waals surface area contributed by atoms with Crippen LogP contribution >= 0.6 is 34.9 Å². The molecule has 30 heavy (non-hydrogen) atoms. The van der Waals surface area contributed by atoms with Crippen LogP contribution in [0.5, 0.6) is 0 Å². The first-order valence-corrected chi connectivity index (χ1v) is 13.2. The lowest BCUT2D eigenvalue weighted by atomic mass is 9.80. The summed E-state index contributed by atoms with van der Waals surface area (Å²) in [6, 6.07) is 6.89. The molecule has 2 aromatic heterocycles. The fourth-order valence-corrected chi connectivity index (χ4v) is 8.07. The zero-order chi connectivity index (χ0) is 21.0. The van der Waals surface area contributed by atoms with Crippen LogP contribution in [0.4, 0.5) is 0 Å². The van der Waals surface area contributed by atoms with E-state index in [9.17, 15) is 0 Å². The Morgan fingerprint density at radius 2 is 2.07 bits per heavy atom. The Morgan fingerprint density at radius 3 is 2.83 bits per heavy atom. The summed E-state index contributed by atoms with van der Waals surface area (Å²) in [5.74, 6) is 2.13. The number of benzene rings is 1. The average molecular weight is 450 g/mol. The Balaban J connectivity index is 1.68. The van der Waals surface area contributed by atoms with E-state index in [1.165, 1.54) is 47.0 Å². The summed E-state index contributed by atoms with van der Waals surface area (Å²) < 4.78 is 2.77. The molecule has 2 unspecified atom stereocenters. The summed E-state index contributed by atoms with van der Waals surface area (Å²) in [4.78, 5) is 7.75. The molecule has 2 aliphatic rings. The topological polar surface area (TPSA) is 12.9 Å². The van der Waals surface area contributed by atoms with Gasteiger partial charge in [0, 0.05) is 43.1 Å². The van der Waals surface area contributed by atoms with Crippen molar-refractivity contribution in [3.8, 4) is 0 Å². The molecule has 154 valence electrons. The molecule has 1 nitrogen and oxygen atoms in total. The predicted molar refractivity (Wildman–Crippen MR) is 137 cm³/mol. The molecule has 4 heteroatoms. The molecule has 0 bridgehead atoms. The molecule has 0 spiro atoms. The van der Waals surface area contributed by atoms with E-state index in [-0.39, 0.29) is 5.41 Å². The summed E-state index contributed by atoms with van der Waals surface area (Å²) in [5.41, 5.74) is 4.30.